The number of carbonyl (C=O) groups is 4. The van der Waals surface area contributed by atoms with Crippen molar-refractivity contribution >= 4 is 35.0 Å². The molecule has 3 aliphatic rings. The SMILES string of the molecule is C=CC[C@H](NC(=O)OC)C(=O)N1CCC[C@H]1c1ncc(-c2ccc3c(c2)C(C)(C)c2ccc(-c4ccc5nc([C@@H]6CCCN6C(=O)[C@H](CC=C)NC(=O)OC)[nH]c5c4)cc2O3)[nH]1. The Bertz CT molecular complexity index is 2560. The van der Waals surface area contributed by atoms with E-state index in [0.717, 1.165) is 81.7 Å². The van der Waals surface area contributed by atoms with E-state index in [1.54, 1.807) is 28.1 Å². The van der Waals surface area contributed by atoms with E-state index < -0.39 is 29.7 Å². The molecular formula is C47H52N8O7. The van der Waals surface area contributed by atoms with Crippen LogP contribution in [-0.4, -0.2) is 93.1 Å². The molecule has 0 bridgehead atoms. The van der Waals surface area contributed by atoms with Crippen molar-refractivity contribution in [3.05, 3.63) is 109 Å². The van der Waals surface area contributed by atoms with Gasteiger partial charge in [-0.1, -0.05) is 44.2 Å². The van der Waals surface area contributed by atoms with Gasteiger partial charge in [-0.05, 0) is 86.1 Å². The predicted molar refractivity (Wildman–Crippen MR) is 233 cm³/mol. The number of carbonyl (C=O) groups excluding carboxylic acids is 4. The lowest BCUT2D eigenvalue weighted by Crippen LogP contribution is -2.48. The summed E-state index contributed by atoms with van der Waals surface area (Å²) in [5, 5.41) is 5.28. The molecule has 4 amide bonds. The highest BCUT2D eigenvalue weighted by Gasteiger charge is 2.39. The third-order valence-corrected chi connectivity index (χ3v) is 12.3. The molecule has 3 aliphatic heterocycles. The fourth-order valence-electron chi connectivity index (χ4n) is 9.07. The molecule has 0 aliphatic carbocycles. The third-order valence-electron chi connectivity index (χ3n) is 12.3. The zero-order chi connectivity index (χ0) is 43.7. The van der Waals surface area contributed by atoms with Crippen molar-refractivity contribution < 1.29 is 33.4 Å². The standard InChI is InChI=1S/C47H52N8O7/c1-7-11-33(52-45(58)60-5)43(56)54-21-9-13-37(54)41-48-26-36(51-41)29-17-20-39-31(23-29)47(3,4)30-18-15-28(25-40(30)62-39)27-16-19-32-35(24-27)50-42(49-32)38-14-10-22-55(38)44(57)34(12-8-2)53-46(59)61-6/h7-8,15-20,23-26,33-34,37-38H,1-2,9-14,21-22H2,3-6H3,(H,48,51)(H,49,50)(H,52,58)(H,53,59)/t33-,34-,37-,38-/m0/s1. The van der Waals surface area contributed by atoms with Crippen LogP contribution in [0.3, 0.4) is 0 Å². The number of amides is 4. The Balaban J connectivity index is 0.996. The Hall–Kier alpha value is -6.90. The molecule has 0 radical (unpaired) electrons. The number of likely N-dealkylation sites (tertiary alicyclic amines) is 2. The van der Waals surface area contributed by atoms with Gasteiger partial charge in [0.1, 0.15) is 35.2 Å². The van der Waals surface area contributed by atoms with E-state index in [9.17, 15) is 19.2 Å². The molecule has 322 valence electrons. The van der Waals surface area contributed by atoms with Gasteiger partial charge in [-0.2, -0.15) is 0 Å². The molecule has 2 fully saturated rings. The predicted octanol–water partition coefficient (Wildman–Crippen LogP) is 7.98. The number of hydrogen-bond acceptors (Lipinski definition) is 9. The van der Waals surface area contributed by atoms with Crippen LogP contribution in [0, 0.1) is 0 Å². The number of aromatic amines is 2. The van der Waals surface area contributed by atoms with Gasteiger partial charge in [0.2, 0.25) is 11.8 Å². The number of rotatable bonds is 12. The smallest absolute Gasteiger partial charge is 0.407 e. The zero-order valence-corrected chi connectivity index (χ0v) is 35.5. The number of benzene rings is 3. The first-order valence-corrected chi connectivity index (χ1v) is 21.0. The first kappa shape index (κ1) is 41.8. The molecule has 4 N–H and O–H groups in total. The molecule has 0 saturated carbocycles. The highest BCUT2D eigenvalue weighted by atomic mass is 16.5. The number of fused-ring (bicyclic) bond motifs is 3. The Labute approximate surface area is 359 Å². The van der Waals surface area contributed by atoms with Gasteiger partial charge >= 0.3 is 12.2 Å². The normalized spacial score (nSPS) is 18.5. The molecule has 2 aromatic heterocycles. The van der Waals surface area contributed by atoms with Crippen molar-refractivity contribution in [1.29, 1.82) is 0 Å². The summed E-state index contributed by atoms with van der Waals surface area (Å²) in [6, 6.07) is 16.5. The summed E-state index contributed by atoms with van der Waals surface area (Å²) in [6.45, 7) is 13.0. The quantitative estimate of drug-likeness (QED) is 0.0905. The van der Waals surface area contributed by atoms with Gasteiger partial charge in [0.15, 0.2) is 0 Å². The number of hydrogen-bond donors (Lipinski definition) is 4. The third kappa shape index (κ3) is 7.90. The first-order chi connectivity index (χ1) is 29.9. The minimum atomic E-state index is -0.778. The van der Waals surface area contributed by atoms with E-state index in [1.807, 2.05) is 24.3 Å². The second-order valence-electron chi connectivity index (χ2n) is 16.5. The van der Waals surface area contributed by atoms with Gasteiger partial charge in [0.25, 0.3) is 0 Å². The largest absolute Gasteiger partial charge is 0.457 e. The molecule has 0 unspecified atom stereocenters. The summed E-state index contributed by atoms with van der Waals surface area (Å²) in [5.41, 5.74) is 7.08. The van der Waals surface area contributed by atoms with Crippen molar-refractivity contribution in [2.24, 2.45) is 0 Å². The van der Waals surface area contributed by atoms with E-state index in [2.05, 4.69) is 77.9 Å². The summed E-state index contributed by atoms with van der Waals surface area (Å²) in [5.74, 6) is 2.54. The molecule has 5 aromatic rings. The molecular weight excluding hydrogens is 789 g/mol. The number of ether oxygens (including phenoxy) is 3. The number of aromatic nitrogens is 4. The van der Waals surface area contributed by atoms with Gasteiger partial charge in [-0.15, -0.1) is 13.2 Å². The number of imidazole rings is 2. The number of H-pyrrole nitrogens is 2. The minimum absolute atomic E-state index is 0.198. The maximum absolute atomic E-state index is 13.6. The molecule has 2 saturated heterocycles. The average Bonchev–Trinajstić information content (AvgIpc) is 4.12. The number of alkyl carbamates (subject to hydrolysis) is 2. The lowest BCUT2D eigenvalue weighted by Gasteiger charge is -2.35. The van der Waals surface area contributed by atoms with Crippen LogP contribution < -0.4 is 15.4 Å². The second kappa shape index (κ2) is 17.2. The molecule has 3 aromatic carbocycles. The highest BCUT2D eigenvalue weighted by Crippen LogP contribution is 2.50. The van der Waals surface area contributed by atoms with E-state index in [-0.39, 0.29) is 36.7 Å². The lowest BCUT2D eigenvalue weighted by molar-refractivity contribution is -0.135. The molecule has 62 heavy (non-hydrogen) atoms. The second-order valence-corrected chi connectivity index (χ2v) is 16.5. The molecule has 15 nitrogen and oxygen atoms in total. The van der Waals surface area contributed by atoms with Crippen LogP contribution in [0.25, 0.3) is 33.4 Å². The van der Waals surface area contributed by atoms with Crippen molar-refractivity contribution in [2.45, 2.75) is 82.0 Å². The summed E-state index contributed by atoms with van der Waals surface area (Å²) in [6.07, 6.45) is 7.38. The topological polar surface area (TPSA) is 184 Å². The Morgan fingerprint density at radius 2 is 1.39 bits per heavy atom. The van der Waals surface area contributed by atoms with Gasteiger partial charge in [-0.3, -0.25) is 9.59 Å². The van der Waals surface area contributed by atoms with Crippen molar-refractivity contribution in [3.63, 3.8) is 0 Å². The van der Waals surface area contributed by atoms with E-state index in [1.165, 1.54) is 14.2 Å². The molecule has 8 rings (SSSR count). The van der Waals surface area contributed by atoms with E-state index in [0.29, 0.717) is 24.7 Å². The number of nitrogens with zero attached hydrogens (tertiary/aromatic N) is 4. The summed E-state index contributed by atoms with van der Waals surface area (Å²) >= 11 is 0. The van der Waals surface area contributed by atoms with Gasteiger partial charge < -0.3 is 44.6 Å². The van der Waals surface area contributed by atoms with Crippen molar-refractivity contribution in [2.75, 3.05) is 27.3 Å². The summed E-state index contributed by atoms with van der Waals surface area (Å²) in [4.78, 5) is 71.3. The lowest BCUT2D eigenvalue weighted by atomic mass is 9.75. The van der Waals surface area contributed by atoms with Crippen LogP contribution in [-0.2, 0) is 24.5 Å². The fourth-order valence-corrected chi connectivity index (χ4v) is 9.07. The first-order valence-electron chi connectivity index (χ1n) is 21.0. The van der Waals surface area contributed by atoms with E-state index in [4.69, 9.17) is 24.2 Å². The van der Waals surface area contributed by atoms with Crippen LogP contribution in [0.1, 0.15) is 87.2 Å². The van der Waals surface area contributed by atoms with Crippen LogP contribution in [0.5, 0.6) is 11.5 Å². The minimum Gasteiger partial charge on any atom is -0.457 e. The van der Waals surface area contributed by atoms with Crippen LogP contribution in [0.4, 0.5) is 9.59 Å². The van der Waals surface area contributed by atoms with Gasteiger partial charge in [0.05, 0.1) is 49.2 Å². The van der Waals surface area contributed by atoms with Crippen molar-refractivity contribution in [1.82, 2.24) is 40.4 Å². The van der Waals surface area contributed by atoms with Gasteiger partial charge in [0, 0.05) is 35.2 Å². The number of methoxy groups -OCH3 is 2. The van der Waals surface area contributed by atoms with Crippen LogP contribution >= 0.6 is 0 Å². The molecule has 0 spiro atoms. The molecule has 15 heteroatoms. The maximum atomic E-state index is 13.6. The van der Waals surface area contributed by atoms with E-state index >= 15 is 0 Å². The van der Waals surface area contributed by atoms with Crippen molar-refractivity contribution in [3.8, 4) is 33.9 Å². The number of nitrogens with one attached hydrogen (secondary N) is 4. The average molecular weight is 841 g/mol. The fraction of sp³-hybridized carbons (Fsp3) is 0.362. The Kier molecular flexibility index (Phi) is 11.6. The van der Waals surface area contributed by atoms with Crippen LogP contribution in [0.2, 0.25) is 0 Å². The Morgan fingerprint density at radius 3 is 2.02 bits per heavy atom. The summed E-state index contributed by atoms with van der Waals surface area (Å²) in [7, 11) is 2.54. The van der Waals surface area contributed by atoms with Gasteiger partial charge in [-0.25, -0.2) is 19.6 Å². The monoisotopic (exact) mass is 840 g/mol. The maximum Gasteiger partial charge on any atom is 0.407 e. The van der Waals surface area contributed by atoms with Crippen LogP contribution in [0.15, 0.2) is 86.1 Å². The summed E-state index contributed by atoms with van der Waals surface area (Å²) < 4.78 is 16.1. The highest BCUT2D eigenvalue weighted by molar-refractivity contribution is 5.88. The molecule has 5 heterocycles. The zero-order valence-electron chi connectivity index (χ0n) is 35.5. The molecule has 4 atom stereocenters. The Morgan fingerprint density at radius 1 is 0.790 bits per heavy atom.